The molecule has 2 heteroatoms. The standard InChI is InChI=1S/C10H19NO/c1-9(2)5-4-8-12-10(3)6-7-11/h9-10H,4-6,8H2,1-3H3. The highest BCUT2D eigenvalue weighted by molar-refractivity contribution is 4.73. The zero-order valence-corrected chi connectivity index (χ0v) is 8.34. The molecule has 0 aromatic carbocycles. The van der Waals surface area contributed by atoms with E-state index in [-0.39, 0.29) is 6.10 Å². The Labute approximate surface area is 75.5 Å². The summed E-state index contributed by atoms with van der Waals surface area (Å²) in [6.07, 6.45) is 2.91. The summed E-state index contributed by atoms with van der Waals surface area (Å²) in [5.74, 6) is 0.750. The van der Waals surface area contributed by atoms with Crippen LogP contribution in [0.25, 0.3) is 0 Å². The van der Waals surface area contributed by atoms with E-state index < -0.39 is 0 Å². The fourth-order valence-electron chi connectivity index (χ4n) is 0.964. The fraction of sp³-hybridized carbons (Fsp3) is 0.900. The van der Waals surface area contributed by atoms with E-state index in [1.54, 1.807) is 0 Å². The molecule has 0 aromatic rings. The van der Waals surface area contributed by atoms with Crippen LogP contribution in [-0.2, 0) is 4.74 Å². The molecule has 0 fully saturated rings. The molecule has 1 unspecified atom stereocenters. The largest absolute Gasteiger partial charge is 0.377 e. The highest BCUT2D eigenvalue weighted by atomic mass is 16.5. The number of nitriles is 1. The third kappa shape index (κ3) is 7.56. The number of hydrogen-bond donors (Lipinski definition) is 0. The summed E-state index contributed by atoms with van der Waals surface area (Å²) in [4.78, 5) is 0. The van der Waals surface area contributed by atoms with Crippen LogP contribution in [0.1, 0.15) is 40.0 Å². The van der Waals surface area contributed by atoms with Gasteiger partial charge in [0.1, 0.15) is 0 Å². The predicted octanol–water partition coefficient (Wildman–Crippen LogP) is 2.74. The Kier molecular flexibility index (Phi) is 6.79. The smallest absolute Gasteiger partial charge is 0.0676 e. The molecule has 0 aliphatic heterocycles. The van der Waals surface area contributed by atoms with Crippen LogP contribution in [-0.4, -0.2) is 12.7 Å². The van der Waals surface area contributed by atoms with Gasteiger partial charge in [-0.15, -0.1) is 0 Å². The molecule has 12 heavy (non-hydrogen) atoms. The lowest BCUT2D eigenvalue weighted by Crippen LogP contribution is -2.08. The minimum absolute atomic E-state index is 0.0992. The molecule has 1 atom stereocenters. The van der Waals surface area contributed by atoms with Crippen molar-refractivity contribution in [2.24, 2.45) is 5.92 Å². The lowest BCUT2D eigenvalue weighted by molar-refractivity contribution is 0.0650. The molecule has 0 saturated carbocycles. The van der Waals surface area contributed by atoms with Crippen LogP contribution in [0.5, 0.6) is 0 Å². The van der Waals surface area contributed by atoms with Gasteiger partial charge in [-0.3, -0.25) is 0 Å². The number of rotatable bonds is 6. The third-order valence-electron chi connectivity index (χ3n) is 1.71. The first-order valence-corrected chi connectivity index (χ1v) is 4.65. The SMILES string of the molecule is CC(C)CCCOC(C)CC#N. The first-order chi connectivity index (χ1) is 5.66. The van der Waals surface area contributed by atoms with E-state index in [0.29, 0.717) is 6.42 Å². The molecule has 70 valence electrons. The van der Waals surface area contributed by atoms with E-state index in [4.69, 9.17) is 10.00 Å². The van der Waals surface area contributed by atoms with Gasteiger partial charge in [0.25, 0.3) is 0 Å². The van der Waals surface area contributed by atoms with Crippen LogP contribution in [0.4, 0.5) is 0 Å². The Morgan fingerprint density at radius 1 is 1.33 bits per heavy atom. The van der Waals surface area contributed by atoms with Gasteiger partial charge < -0.3 is 4.74 Å². The summed E-state index contributed by atoms with van der Waals surface area (Å²) in [5.41, 5.74) is 0. The van der Waals surface area contributed by atoms with Gasteiger partial charge in [0, 0.05) is 6.61 Å². The van der Waals surface area contributed by atoms with Crippen molar-refractivity contribution in [3.8, 4) is 6.07 Å². The maximum Gasteiger partial charge on any atom is 0.0676 e. The molecular formula is C10H19NO. The van der Waals surface area contributed by atoms with Crippen LogP contribution < -0.4 is 0 Å². The zero-order valence-electron chi connectivity index (χ0n) is 8.34. The molecule has 0 N–H and O–H groups in total. The number of ether oxygens (including phenoxy) is 1. The second kappa shape index (κ2) is 7.12. The molecule has 0 saturated heterocycles. The second-order valence-corrected chi connectivity index (χ2v) is 3.58. The summed E-state index contributed by atoms with van der Waals surface area (Å²) in [7, 11) is 0. The van der Waals surface area contributed by atoms with Crippen LogP contribution in [0.2, 0.25) is 0 Å². The highest BCUT2D eigenvalue weighted by Gasteiger charge is 2.00. The molecule has 0 heterocycles. The van der Waals surface area contributed by atoms with Crippen molar-refractivity contribution in [3.05, 3.63) is 0 Å². The number of hydrogen-bond acceptors (Lipinski definition) is 2. The van der Waals surface area contributed by atoms with E-state index in [1.165, 1.54) is 6.42 Å². The zero-order chi connectivity index (χ0) is 9.40. The Morgan fingerprint density at radius 2 is 2.00 bits per heavy atom. The molecule has 0 aliphatic carbocycles. The van der Waals surface area contributed by atoms with Gasteiger partial charge in [0.2, 0.25) is 0 Å². The van der Waals surface area contributed by atoms with Gasteiger partial charge >= 0.3 is 0 Å². The summed E-state index contributed by atoms with van der Waals surface area (Å²) in [6, 6.07) is 2.09. The van der Waals surface area contributed by atoms with E-state index in [1.807, 2.05) is 6.92 Å². The van der Waals surface area contributed by atoms with Gasteiger partial charge in [-0.05, 0) is 25.7 Å². The predicted molar refractivity (Wildman–Crippen MR) is 49.7 cm³/mol. The molecule has 0 amide bonds. The van der Waals surface area contributed by atoms with E-state index >= 15 is 0 Å². The minimum atomic E-state index is 0.0992. The van der Waals surface area contributed by atoms with Gasteiger partial charge in [-0.1, -0.05) is 13.8 Å². The average molecular weight is 169 g/mol. The van der Waals surface area contributed by atoms with Gasteiger partial charge in [-0.2, -0.15) is 5.26 Å². The van der Waals surface area contributed by atoms with Crippen LogP contribution >= 0.6 is 0 Å². The maximum absolute atomic E-state index is 8.35. The van der Waals surface area contributed by atoms with Crippen LogP contribution in [0.3, 0.4) is 0 Å². The summed E-state index contributed by atoms with van der Waals surface area (Å²) in [5, 5.41) is 8.35. The Morgan fingerprint density at radius 3 is 2.50 bits per heavy atom. The Balaban J connectivity index is 3.15. The van der Waals surface area contributed by atoms with Crippen LogP contribution in [0, 0.1) is 17.2 Å². The lowest BCUT2D eigenvalue weighted by Gasteiger charge is -2.09. The van der Waals surface area contributed by atoms with Crippen molar-refractivity contribution >= 4 is 0 Å². The Bertz CT molecular complexity index is 137. The topological polar surface area (TPSA) is 33.0 Å². The lowest BCUT2D eigenvalue weighted by atomic mass is 10.1. The van der Waals surface area contributed by atoms with Crippen molar-refractivity contribution in [2.45, 2.75) is 46.1 Å². The average Bonchev–Trinajstić information content (AvgIpc) is 1.98. The van der Waals surface area contributed by atoms with Crippen molar-refractivity contribution in [1.82, 2.24) is 0 Å². The van der Waals surface area contributed by atoms with Gasteiger partial charge in [0.15, 0.2) is 0 Å². The molecule has 0 bridgehead atoms. The third-order valence-corrected chi connectivity index (χ3v) is 1.71. The molecule has 0 radical (unpaired) electrons. The van der Waals surface area contributed by atoms with Crippen molar-refractivity contribution in [3.63, 3.8) is 0 Å². The fourth-order valence-corrected chi connectivity index (χ4v) is 0.964. The summed E-state index contributed by atoms with van der Waals surface area (Å²) >= 11 is 0. The number of nitrogens with zero attached hydrogens (tertiary/aromatic N) is 1. The normalized spacial score (nSPS) is 12.9. The minimum Gasteiger partial charge on any atom is -0.377 e. The first-order valence-electron chi connectivity index (χ1n) is 4.65. The Hall–Kier alpha value is -0.550. The quantitative estimate of drug-likeness (QED) is 0.573. The highest BCUT2D eigenvalue weighted by Crippen LogP contribution is 2.05. The monoisotopic (exact) mass is 169 g/mol. The van der Waals surface area contributed by atoms with Crippen LogP contribution in [0.15, 0.2) is 0 Å². The van der Waals surface area contributed by atoms with Crippen molar-refractivity contribution in [2.75, 3.05) is 6.61 Å². The van der Waals surface area contributed by atoms with Gasteiger partial charge in [0.05, 0.1) is 18.6 Å². The molecular weight excluding hydrogens is 150 g/mol. The summed E-state index contributed by atoms with van der Waals surface area (Å²) in [6.45, 7) is 7.15. The molecule has 0 aliphatic rings. The second-order valence-electron chi connectivity index (χ2n) is 3.58. The van der Waals surface area contributed by atoms with Crippen molar-refractivity contribution < 1.29 is 4.74 Å². The van der Waals surface area contributed by atoms with E-state index in [2.05, 4.69) is 19.9 Å². The summed E-state index contributed by atoms with van der Waals surface area (Å²) < 4.78 is 5.41. The van der Waals surface area contributed by atoms with Crippen molar-refractivity contribution in [1.29, 1.82) is 5.26 Å². The molecule has 0 aromatic heterocycles. The molecule has 2 nitrogen and oxygen atoms in total. The first kappa shape index (κ1) is 11.4. The maximum atomic E-state index is 8.35. The van der Waals surface area contributed by atoms with E-state index in [9.17, 15) is 0 Å². The van der Waals surface area contributed by atoms with Gasteiger partial charge in [-0.25, -0.2) is 0 Å². The van der Waals surface area contributed by atoms with E-state index in [0.717, 1.165) is 18.9 Å². The molecule has 0 rings (SSSR count). The molecule has 0 spiro atoms.